The average Bonchev–Trinajstić information content (AvgIpc) is 2.45. The van der Waals surface area contributed by atoms with E-state index in [9.17, 15) is 13.2 Å². The van der Waals surface area contributed by atoms with E-state index in [0.717, 1.165) is 25.7 Å². The minimum Gasteiger partial charge on any atom is -0.310 e. The van der Waals surface area contributed by atoms with E-state index in [1.54, 1.807) is 12.1 Å². The molecular formula is C17H26F3N. The van der Waals surface area contributed by atoms with Crippen LogP contribution in [-0.4, -0.2) is 6.54 Å². The highest BCUT2D eigenvalue weighted by molar-refractivity contribution is 5.32. The van der Waals surface area contributed by atoms with Gasteiger partial charge in [-0.2, -0.15) is 13.2 Å². The van der Waals surface area contributed by atoms with Gasteiger partial charge in [0.05, 0.1) is 5.56 Å². The van der Waals surface area contributed by atoms with E-state index in [1.807, 2.05) is 6.92 Å². The summed E-state index contributed by atoms with van der Waals surface area (Å²) in [6.07, 6.45) is 2.06. The molecule has 0 saturated carbocycles. The topological polar surface area (TPSA) is 12.0 Å². The number of nitrogens with one attached hydrogen (secondary N) is 1. The molecule has 1 N–H and O–H groups in total. The fourth-order valence-electron chi connectivity index (χ4n) is 2.62. The summed E-state index contributed by atoms with van der Waals surface area (Å²) in [6, 6.07) is 5.70. The van der Waals surface area contributed by atoms with Crippen LogP contribution in [0.25, 0.3) is 0 Å². The summed E-state index contributed by atoms with van der Waals surface area (Å²) in [6.45, 7) is 4.76. The van der Waals surface area contributed by atoms with Crippen LogP contribution in [0, 0.1) is 0 Å². The molecule has 1 aromatic carbocycles. The molecule has 0 heterocycles. The summed E-state index contributed by atoms with van der Waals surface area (Å²) in [5.74, 6) is 0. The first-order valence-electron chi connectivity index (χ1n) is 7.90. The van der Waals surface area contributed by atoms with Crippen molar-refractivity contribution in [2.75, 3.05) is 6.54 Å². The molecule has 0 bridgehead atoms. The van der Waals surface area contributed by atoms with Crippen LogP contribution >= 0.6 is 0 Å². The molecule has 1 rings (SSSR count). The Morgan fingerprint density at radius 3 is 2.29 bits per heavy atom. The predicted octanol–water partition coefficient (Wildman–Crippen LogP) is 5.72. The fraction of sp³-hybridized carbons (Fsp3) is 0.647. The number of halogens is 3. The van der Waals surface area contributed by atoms with E-state index in [0.29, 0.717) is 12.1 Å². The summed E-state index contributed by atoms with van der Waals surface area (Å²) in [5, 5.41) is 3.20. The molecule has 1 aromatic rings. The third-order valence-corrected chi connectivity index (χ3v) is 3.69. The Morgan fingerprint density at radius 1 is 1.00 bits per heavy atom. The number of hydrogen-bond acceptors (Lipinski definition) is 1. The Kier molecular flexibility index (Phi) is 7.79. The Balaban J connectivity index is 2.76. The maximum Gasteiger partial charge on any atom is 0.416 e. The molecule has 1 atom stereocenters. The number of benzene rings is 1. The van der Waals surface area contributed by atoms with Gasteiger partial charge in [-0.1, -0.05) is 64.2 Å². The van der Waals surface area contributed by atoms with Crippen molar-refractivity contribution in [3.63, 3.8) is 0 Å². The lowest BCUT2D eigenvalue weighted by molar-refractivity contribution is -0.138. The van der Waals surface area contributed by atoms with Crippen molar-refractivity contribution in [3.8, 4) is 0 Å². The average molecular weight is 301 g/mol. The molecule has 0 radical (unpaired) electrons. The molecule has 0 fully saturated rings. The van der Waals surface area contributed by atoms with Crippen molar-refractivity contribution in [3.05, 3.63) is 35.4 Å². The molecule has 120 valence electrons. The molecule has 4 heteroatoms. The molecule has 0 spiro atoms. The minimum atomic E-state index is -4.29. The minimum absolute atomic E-state index is 0.213. The number of alkyl halides is 3. The van der Waals surface area contributed by atoms with Crippen molar-refractivity contribution in [1.82, 2.24) is 5.32 Å². The van der Waals surface area contributed by atoms with E-state index in [4.69, 9.17) is 0 Å². The Bertz CT molecular complexity index is 401. The zero-order chi connectivity index (χ0) is 15.7. The van der Waals surface area contributed by atoms with Gasteiger partial charge in [0.1, 0.15) is 0 Å². The summed E-state index contributed by atoms with van der Waals surface area (Å²) in [7, 11) is 0. The Morgan fingerprint density at radius 2 is 1.67 bits per heavy atom. The molecular weight excluding hydrogens is 275 g/mol. The van der Waals surface area contributed by atoms with Gasteiger partial charge in [0.15, 0.2) is 0 Å². The molecule has 0 amide bonds. The molecule has 0 aliphatic carbocycles. The zero-order valence-electron chi connectivity index (χ0n) is 13.0. The predicted molar refractivity (Wildman–Crippen MR) is 81.2 cm³/mol. The van der Waals surface area contributed by atoms with Gasteiger partial charge in [0.2, 0.25) is 0 Å². The maximum atomic E-state index is 13.1. The second-order valence-corrected chi connectivity index (χ2v) is 5.40. The van der Waals surface area contributed by atoms with Crippen LogP contribution in [-0.2, 0) is 6.18 Å². The largest absolute Gasteiger partial charge is 0.416 e. The molecule has 1 nitrogen and oxygen atoms in total. The van der Waals surface area contributed by atoms with Gasteiger partial charge in [-0.05, 0) is 24.6 Å². The van der Waals surface area contributed by atoms with E-state index in [-0.39, 0.29) is 6.04 Å². The van der Waals surface area contributed by atoms with Gasteiger partial charge in [0.25, 0.3) is 0 Å². The first-order valence-corrected chi connectivity index (χ1v) is 7.90. The van der Waals surface area contributed by atoms with Crippen LogP contribution in [0.5, 0.6) is 0 Å². The molecule has 0 aromatic heterocycles. The van der Waals surface area contributed by atoms with Crippen molar-refractivity contribution >= 4 is 0 Å². The smallest absolute Gasteiger partial charge is 0.310 e. The lowest BCUT2D eigenvalue weighted by atomic mass is 9.95. The summed E-state index contributed by atoms with van der Waals surface area (Å²) >= 11 is 0. The van der Waals surface area contributed by atoms with Crippen LogP contribution < -0.4 is 5.32 Å². The number of hydrogen-bond donors (Lipinski definition) is 1. The molecule has 0 saturated heterocycles. The van der Waals surface area contributed by atoms with Gasteiger partial charge in [-0.3, -0.25) is 0 Å². The maximum absolute atomic E-state index is 13.1. The summed E-state index contributed by atoms with van der Waals surface area (Å²) in [4.78, 5) is 0. The monoisotopic (exact) mass is 301 g/mol. The first-order chi connectivity index (χ1) is 10.0. The Labute approximate surface area is 125 Å². The molecule has 0 aliphatic heterocycles. The van der Waals surface area contributed by atoms with Gasteiger partial charge in [-0.15, -0.1) is 0 Å². The van der Waals surface area contributed by atoms with Crippen molar-refractivity contribution in [1.29, 1.82) is 0 Å². The first kappa shape index (κ1) is 18.0. The van der Waals surface area contributed by atoms with Crippen molar-refractivity contribution in [2.24, 2.45) is 0 Å². The third-order valence-electron chi connectivity index (χ3n) is 3.69. The second kappa shape index (κ2) is 9.08. The summed E-state index contributed by atoms with van der Waals surface area (Å²) < 4.78 is 39.3. The highest BCUT2D eigenvalue weighted by Crippen LogP contribution is 2.35. The normalized spacial score (nSPS) is 13.4. The molecule has 21 heavy (non-hydrogen) atoms. The lowest BCUT2D eigenvalue weighted by Gasteiger charge is -2.22. The third kappa shape index (κ3) is 6.08. The zero-order valence-corrected chi connectivity index (χ0v) is 13.0. The second-order valence-electron chi connectivity index (χ2n) is 5.40. The number of unbranched alkanes of at least 4 members (excludes halogenated alkanes) is 4. The van der Waals surface area contributed by atoms with Crippen LogP contribution in [0.4, 0.5) is 13.2 Å². The fourth-order valence-corrected chi connectivity index (χ4v) is 2.62. The van der Waals surface area contributed by atoms with E-state index in [1.165, 1.54) is 25.0 Å². The quantitative estimate of drug-likeness (QED) is 0.575. The van der Waals surface area contributed by atoms with Gasteiger partial charge < -0.3 is 5.32 Å². The summed E-state index contributed by atoms with van der Waals surface area (Å²) in [5.41, 5.74) is -0.133. The van der Waals surface area contributed by atoms with Crippen LogP contribution in [0.3, 0.4) is 0 Å². The van der Waals surface area contributed by atoms with Gasteiger partial charge in [0, 0.05) is 6.04 Å². The van der Waals surface area contributed by atoms with Gasteiger partial charge in [-0.25, -0.2) is 0 Å². The molecule has 0 aliphatic rings. The van der Waals surface area contributed by atoms with Gasteiger partial charge >= 0.3 is 6.18 Å². The van der Waals surface area contributed by atoms with Crippen LogP contribution in [0.2, 0.25) is 0 Å². The van der Waals surface area contributed by atoms with Crippen LogP contribution in [0.15, 0.2) is 24.3 Å². The highest BCUT2D eigenvalue weighted by atomic mass is 19.4. The number of rotatable bonds is 9. The van der Waals surface area contributed by atoms with E-state index < -0.39 is 11.7 Å². The van der Waals surface area contributed by atoms with E-state index in [2.05, 4.69) is 12.2 Å². The lowest BCUT2D eigenvalue weighted by Crippen LogP contribution is -2.24. The Hall–Kier alpha value is -1.03. The van der Waals surface area contributed by atoms with Crippen molar-refractivity contribution < 1.29 is 13.2 Å². The van der Waals surface area contributed by atoms with Crippen LogP contribution in [0.1, 0.15) is 69.5 Å². The van der Waals surface area contributed by atoms with Crippen molar-refractivity contribution in [2.45, 2.75) is 64.6 Å². The highest BCUT2D eigenvalue weighted by Gasteiger charge is 2.34. The SMILES string of the molecule is CCCCCCCC(NCC)c1ccccc1C(F)(F)F. The molecule has 1 unspecified atom stereocenters. The van der Waals surface area contributed by atoms with E-state index >= 15 is 0 Å². The standard InChI is InChI=1S/C17H26F3N/c1-3-5-6-7-8-13-16(21-4-2)14-11-9-10-12-15(14)17(18,19)20/h9-12,16,21H,3-8,13H2,1-2H3.